The zero-order chi connectivity index (χ0) is 13.0. The predicted molar refractivity (Wildman–Crippen MR) is 72.3 cm³/mol. The third-order valence-corrected chi connectivity index (χ3v) is 3.72. The van der Waals surface area contributed by atoms with Gasteiger partial charge >= 0.3 is 0 Å². The second kappa shape index (κ2) is 6.34. The summed E-state index contributed by atoms with van der Waals surface area (Å²) in [6.07, 6.45) is 5.51. The number of nitrogens with zero attached hydrogens (tertiary/aromatic N) is 3. The van der Waals surface area contributed by atoms with Crippen molar-refractivity contribution in [1.82, 2.24) is 14.7 Å². The molecule has 1 aromatic rings. The van der Waals surface area contributed by atoms with Crippen LogP contribution in [0.5, 0.6) is 0 Å². The van der Waals surface area contributed by atoms with E-state index in [-0.39, 0.29) is 0 Å². The van der Waals surface area contributed by atoms with Crippen LogP contribution in [0.25, 0.3) is 0 Å². The first-order valence-electron chi connectivity index (χ1n) is 7.06. The first kappa shape index (κ1) is 13.6. The van der Waals surface area contributed by atoms with Crippen molar-refractivity contribution in [2.24, 2.45) is 5.92 Å². The van der Waals surface area contributed by atoms with Crippen LogP contribution in [0.2, 0.25) is 0 Å². The Hall–Kier alpha value is -0.870. The van der Waals surface area contributed by atoms with Crippen molar-refractivity contribution in [2.75, 3.05) is 19.7 Å². The summed E-state index contributed by atoms with van der Waals surface area (Å²) in [4.78, 5) is 2.47. The molecule has 0 amide bonds. The van der Waals surface area contributed by atoms with Crippen molar-refractivity contribution in [2.45, 2.75) is 45.7 Å². The molecule has 1 N–H and O–H groups in total. The average molecular weight is 251 g/mol. The Morgan fingerprint density at radius 3 is 3.00 bits per heavy atom. The van der Waals surface area contributed by atoms with Crippen molar-refractivity contribution in [3.63, 3.8) is 0 Å². The molecule has 4 nitrogen and oxygen atoms in total. The van der Waals surface area contributed by atoms with Gasteiger partial charge in [-0.3, -0.25) is 9.58 Å². The maximum atomic E-state index is 9.02. The summed E-state index contributed by atoms with van der Waals surface area (Å²) < 4.78 is 2.02. The molecule has 1 unspecified atom stereocenters. The number of aliphatic hydroxyl groups is 1. The molecule has 18 heavy (non-hydrogen) atoms. The van der Waals surface area contributed by atoms with Gasteiger partial charge in [-0.15, -0.1) is 0 Å². The molecule has 2 heterocycles. The lowest BCUT2D eigenvalue weighted by molar-refractivity contribution is 0.141. The Bertz CT molecular complexity index is 360. The van der Waals surface area contributed by atoms with Crippen LogP contribution < -0.4 is 0 Å². The molecule has 0 radical (unpaired) electrons. The van der Waals surface area contributed by atoms with Gasteiger partial charge in [-0.2, -0.15) is 5.10 Å². The quantitative estimate of drug-likeness (QED) is 0.871. The molecule has 0 saturated carbocycles. The highest BCUT2D eigenvalue weighted by Crippen LogP contribution is 2.20. The number of hydrogen-bond acceptors (Lipinski definition) is 3. The molecule has 1 aliphatic rings. The number of likely N-dealkylation sites (tertiary alicyclic amines) is 1. The van der Waals surface area contributed by atoms with Crippen LogP contribution in [-0.2, 0) is 6.54 Å². The molecular weight excluding hydrogens is 226 g/mol. The molecule has 2 rings (SSSR count). The van der Waals surface area contributed by atoms with Gasteiger partial charge in [0.05, 0.1) is 5.69 Å². The van der Waals surface area contributed by atoms with E-state index >= 15 is 0 Å². The molecule has 0 spiro atoms. The number of piperidine rings is 1. The highest BCUT2D eigenvalue weighted by Gasteiger charge is 2.20. The zero-order valence-corrected chi connectivity index (χ0v) is 11.5. The van der Waals surface area contributed by atoms with E-state index in [1.807, 2.05) is 4.68 Å². The summed E-state index contributed by atoms with van der Waals surface area (Å²) in [5.74, 6) is 0.663. The Morgan fingerprint density at radius 1 is 1.50 bits per heavy atom. The second-order valence-corrected chi connectivity index (χ2v) is 5.64. The van der Waals surface area contributed by atoms with Gasteiger partial charge in [0.2, 0.25) is 0 Å². The van der Waals surface area contributed by atoms with Crippen LogP contribution >= 0.6 is 0 Å². The molecule has 102 valence electrons. The average Bonchev–Trinajstić information content (AvgIpc) is 2.78. The minimum Gasteiger partial charge on any atom is -0.396 e. The van der Waals surface area contributed by atoms with Crippen LogP contribution in [0, 0.1) is 5.92 Å². The first-order valence-corrected chi connectivity index (χ1v) is 7.06. The lowest BCUT2D eigenvalue weighted by Gasteiger charge is -2.31. The molecular formula is C14H25N3O. The van der Waals surface area contributed by atoms with E-state index in [9.17, 15) is 0 Å². The second-order valence-electron chi connectivity index (χ2n) is 5.64. The molecule has 4 heteroatoms. The lowest BCUT2D eigenvalue weighted by Crippen LogP contribution is -2.35. The fourth-order valence-corrected chi connectivity index (χ4v) is 2.69. The Balaban J connectivity index is 1.87. The standard InChI is InChI=1S/C14H25N3O/c1-12(2)17-8-5-14(15-17)11-16-7-3-4-13(10-16)6-9-18/h5,8,12-13,18H,3-4,6-7,9-11H2,1-2H3. The zero-order valence-electron chi connectivity index (χ0n) is 11.5. The van der Waals surface area contributed by atoms with E-state index in [2.05, 4.69) is 36.1 Å². The van der Waals surface area contributed by atoms with Gasteiger partial charge in [-0.1, -0.05) is 0 Å². The van der Waals surface area contributed by atoms with Crippen molar-refractivity contribution in [3.8, 4) is 0 Å². The van der Waals surface area contributed by atoms with E-state index in [1.165, 1.54) is 12.8 Å². The Kier molecular flexibility index (Phi) is 4.78. The van der Waals surface area contributed by atoms with E-state index in [1.54, 1.807) is 0 Å². The summed E-state index contributed by atoms with van der Waals surface area (Å²) >= 11 is 0. The summed E-state index contributed by atoms with van der Waals surface area (Å²) in [6, 6.07) is 2.55. The summed E-state index contributed by atoms with van der Waals surface area (Å²) in [5.41, 5.74) is 1.16. The van der Waals surface area contributed by atoms with Gasteiger partial charge in [0.1, 0.15) is 0 Å². The first-order chi connectivity index (χ1) is 8.69. The monoisotopic (exact) mass is 251 g/mol. The molecule has 1 saturated heterocycles. The van der Waals surface area contributed by atoms with Crippen LogP contribution in [0.3, 0.4) is 0 Å². The molecule has 0 bridgehead atoms. The minimum absolute atomic E-state index is 0.320. The van der Waals surface area contributed by atoms with Gasteiger partial charge in [-0.05, 0) is 51.6 Å². The molecule has 1 fully saturated rings. The molecule has 1 atom stereocenters. The van der Waals surface area contributed by atoms with Crippen LogP contribution in [0.15, 0.2) is 12.3 Å². The highest BCUT2D eigenvalue weighted by atomic mass is 16.3. The maximum absolute atomic E-state index is 9.02. The third-order valence-electron chi connectivity index (χ3n) is 3.72. The van der Waals surface area contributed by atoms with Crippen molar-refractivity contribution < 1.29 is 5.11 Å². The smallest absolute Gasteiger partial charge is 0.0764 e. The fraction of sp³-hybridized carbons (Fsp3) is 0.786. The van der Waals surface area contributed by atoms with E-state index in [4.69, 9.17) is 5.11 Å². The van der Waals surface area contributed by atoms with Gasteiger partial charge in [-0.25, -0.2) is 0 Å². The van der Waals surface area contributed by atoms with Crippen LogP contribution in [0.1, 0.15) is 44.8 Å². The number of aromatic nitrogens is 2. The molecule has 0 aliphatic carbocycles. The van der Waals surface area contributed by atoms with Gasteiger partial charge in [0.15, 0.2) is 0 Å². The molecule has 1 aliphatic heterocycles. The van der Waals surface area contributed by atoms with Crippen LogP contribution in [-0.4, -0.2) is 39.5 Å². The lowest BCUT2D eigenvalue weighted by atomic mass is 9.95. The van der Waals surface area contributed by atoms with Gasteiger partial charge in [0, 0.05) is 31.9 Å². The largest absolute Gasteiger partial charge is 0.396 e. The van der Waals surface area contributed by atoms with E-state index in [0.29, 0.717) is 18.6 Å². The van der Waals surface area contributed by atoms with Crippen molar-refractivity contribution in [1.29, 1.82) is 0 Å². The summed E-state index contributed by atoms with van der Waals surface area (Å²) in [7, 11) is 0. The van der Waals surface area contributed by atoms with E-state index in [0.717, 1.165) is 31.7 Å². The number of hydrogen-bond donors (Lipinski definition) is 1. The number of rotatable bonds is 5. The number of aliphatic hydroxyl groups excluding tert-OH is 1. The van der Waals surface area contributed by atoms with Gasteiger partial charge in [0.25, 0.3) is 0 Å². The topological polar surface area (TPSA) is 41.3 Å². The normalized spacial score (nSPS) is 21.7. The summed E-state index contributed by atoms with van der Waals surface area (Å²) in [5, 5.41) is 13.6. The predicted octanol–water partition coefficient (Wildman–Crippen LogP) is 2.06. The Morgan fingerprint density at radius 2 is 2.33 bits per heavy atom. The van der Waals surface area contributed by atoms with Gasteiger partial charge < -0.3 is 5.11 Å². The molecule has 0 aromatic carbocycles. The van der Waals surface area contributed by atoms with E-state index < -0.39 is 0 Å². The third kappa shape index (κ3) is 3.56. The fourth-order valence-electron chi connectivity index (χ4n) is 2.69. The minimum atomic E-state index is 0.320. The van der Waals surface area contributed by atoms with Crippen molar-refractivity contribution >= 4 is 0 Å². The highest BCUT2D eigenvalue weighted by molar-refractivity contribution is 4.99. The van der Waals surface area contributed by atoms with Crippen molar-refractivity contribution in [3.05, 3.63) is 18.0 Å². The SMILES string of the molecule is CC(C)n1ccc(CN2CCCC(CCO)C2)n1. The molecule has 1 aromatic heterocycles. The summed E-state index contributed by atoms with van der Waals surface area (Å²) in [6.45, 7) is 7.83. The van der Waals surface area contributed by atoms with Crippen LogP contribution in [0.4, 0.5) is 0 Å². The Labute approximate surface area is 110 Å². The maximum Gasteiger partial charge on any atom is 0.0764 e.